The Balaban J connectivity index is 3.06. The standard InChI is InChI=1S/C11H20N2S/c1-8(2)9-6-12-10(14)13(9)7-11(3,4)5/h6,8H,7H2,1-5H3,(H,12,14). The SMILES string of the molecule is CC(C)c1c[nH]c(=S)n1CC(C)(C)C. The summed E-state index contributed by atoms with van der Waals surface area (Å²) in [6.45, 7) is 12.0. The minimum Gasteiger partial charge on any atom is -0.337 e. The fraction of sp³-hybridized carbons (Fsp3) is 0.727. The van der Waals surface area contributed by atoms with Gasteiger partial charge in [0.25, 0.3) is 0 Å². The second kappa shape index (κ2) is 3.89. The molecule has 0 fully saturated rings. The summed E-state index contributed by atoms with van der Waals surface area (Å²) in [6.07, 6.45) is 2.03. The average molecular weight is 212 g/mol. The molecule has 0 aliphatic carbocycles. The van der Waals surface area contributed by atoms with Crippen LogP contribution in [0.25, 0.3) is 0 Å². The van der Waals surface area contributed by atoms with Crippen molar-refractivity contribution < 1.29 is 0 Å². The Labute approximate surface area is 91.3 Å². The number of H-pyrrole nitrogens is 1. The third-order valence-corrected chi connectivity index (χ3v) is 2.46. The van der Waals surface area contributed by atoms with Gasteiger partial charge in [0.05, 0.1) is 0 Å². The molecule has 14 heavy (non-hydrogen) atoms. The number of imidazole rings is 1. The topological polar surface area (TPSA) is 20.7 Å². The summed E-state index contributed by atoms with van der Waals surface area (Å²) in [6, 6.07) is 0. The van der Waals surface area contributed by atoms with E-state index in [1.165, 1.54) is 5.69 Å². The van der Waals surface area contributed by atoms with Gasteiger partial charge in [0.2, 0.25) is 0 Å². The summed E-state index contributed by atoms with van der Waals surface area (Å²) in [5.41, 5.74) is 1.56. The van der Waals surface area contributed by atoms with E-state index in [1.807, 2.05) is 6.20 Å². The molecule has 80 valence electrons. The highest BCUT2D eigenvalue weighted by atomic mass is 32.1. The summed E-state index contributed by atoms with van der Waals surface area (Å²) < 4.78 is 3.05. The van der Waals surface area contributed by atoms with E-state index in [2.05, 4.69) is 44.2 Å². The predicted octanol–water partition coefficient (Wildman–Crippen LogP) is 3.72. The van der Waals surface area contributed by atoms with Crippen molar-refractivity contribution in [3.05, 3.63) is 16.7 Å². The Kier molecular flexibility index (Phi) is 3.20. The highest BCUT2D eigenvalue weighted by Crippen LogP contribution is 2.21. The summed E-state index contributed by atoms with van der Waals surface area (Å²) in [7, 11) is 0. The Bertz CT molecular complexity index is 352. The number of rotatable bonds is 2. The number of hydrogen-bond donors (Lipinski definition) is 1. The van der Waals surface area contributed by atoms with Crippen LogP contribution in [0.3, 0.4) is 0 Å². The van der Waals surface area contributed by atoms with Crippen LogP contribution in [0.1, 0.15) is 46.2 Å². The fourth-order valence-electron chi connectivity index (χ4n) is 1.52. The van der Waals surface area contributed by atoms with Crippen molar-refractivity contribution in [1.29, 1.82) is 0 Å². The van der Waals surface area contributed by atoms with E-state index in [4.69, 9.17) is 12.2 Å². The highest BCUT2D eigenvalue weighted by molar-refractivity contribution is 7.71. The van der Waals surface area contributed by atoms with Crippen molar-refractivity contribution in [3.8, 4) is 0 Å². The Morgan fingerprint density at radius 2 is 2.00 bits per heavy atom. The monoisotopic (exact) mass is 212 g/mol. The lowest BCUT2D eigenvalue weighted by molar-refractivity contribution is 0.335. The largest absolute Gasteiger partial charge is 0.337 e. The summed E-state index contributed by atoms with van der Waals surface area (Å²) >= 11 is 5.27. The smallest absolute Gasteiger partial charge is 0.177 e. The van der Waals surface area contributed by atoms with E-state index in [0.717, 1.165) is 11.3 Å². The molecule has 1 aromatic rings. The first-order valence-electron chi connectivity index (χ1n) is 5.09. The summed E-state index contributed by atoms with van der Waals surface area (Å²) in [4.78, 5) is 3.12. The van der Waals surface area contributed by atoms with Crippen LogP contribution in [0.15, 0.2) is 6.20 Å². The molecule has 0 aliphatic heterocycles. The lowest BCUT2D eigenvalue weighted by atomic mass is 9.96. The maximum Gasteiger partial charge on any atom is 0.177 e. The second-order valence-electron chi connectivity index (χ2n) is 5.32. The first kappa shape index (κ1) is 11.5. The van der Waals surface area contributed by atoms with Gasteiger partial charge in [0.1, 0.15) is 0 Å². The molecule has 0 aromatic carbocycles. The number of aromatic amines is 1. The van der Waals surface area contributed by atoms with Gasteiger partial charge in [-0.2, -0.15) is 0 Å². The molecule has 0 atom stereocenters. The molecule has 1 aromatic heterocycles. The van der Waals surface area contributed by atoms with Crippen LogP contribution in [0.2, 0.25) is 0 Å². The van der Waals surface area contributed by atoms with E-state index in [0.29, 0.717) is 5.92 Å². The van der Waals surface area contributed by atoms with Gasteiger partial charge >= 0.3 is 0 Å². The van der Waals surface area contributed by atoms with Crippen LogP contribution in [-0.2, 0) is 6.54 Å². The van der Waals surface area contributed by atoms with Gasteiger partial charge in [0, 0.05) is 18.4 Å². The molecular weight excluding hydrogens is 192 g/mol. The van der Waals surface area contributed by atoms with Crippen LogP contribution in [0, 0.1) is 10.2 Å². The molecule has 0 bridgehead atoms. The highest BCUT2D eigenvalue weighted by Gasteiger charge is 2.15. The molecule has 3 heteroatoms. The molecule has 0 saturated carbocycles. The Hall–Kier alpha value is -0.570. The fourth-order valence-corrected chi connectivity index (χ4v) is 1.75. The zero-order valence-corrected chi connectivity index (χ0v) is 10.5. The van der Waals surface area contributed by atoms with Crippen LogP contribution < -0.4 is 0 Å². The van der Waals surface area contributed by atoms with Crippen molar-refractivity contribution in [2.45, 2.75) is 47.1 Å². The van der Waals surface area contributed by atoms with Gasteiger partial charge in [0.15, 0.2) is 4.77 Å². The Morgan fingerprint density at radius 3 is 2.43 bits per heavy atom. The molecule has 1 N–H and O–H groups in total. The molecule has 0 unspecified atom stereocenters. The first-order chi connectivity index (χ1) is 6.31. The number of nitrogens with one attached hydrogen (secondary N) is 1. The zero-order chi connectivity index (χ0) is 10.9. The molecule has 0 saturated heterocycles. The zero-order valence-electron chi connectivity index (χ0n) is 9.72. The van der Waals surface area contributed by atoms with Crippen LogP contribution in [0.4, 0.5) is 0 Å². The van der Waals surface area contributed by atoms with Crippen molar-refractivity contribution in [1.82, 2.24) is 9.55 Å². The van der Waals surface area contributed by atoms with Gasteiger partial charge in [-0.05, 0) is 23.6 Å². The van der Waals surface area contributed by atoms with E-state index >= 15 is 0 Å². The minimum atomic E-state index is 0.268. The maximum absolute atomic E-state index is 5.27. The van der Waals surface area contributed by atoms with Crippen molar-refractivity contribution >= 4 is 12.2 Å². The minimum absolute atomic E-state index is 0.268. The van der Waals surface area contributed by atoms with Crippen molar-refractivity contribution in [2.75, 3.05) is 0 Å². The quantitative estimate of drug-likeness (QED) is 0.741. The van der Waals surface area contributed by atoms with Crippen LogP contribution >= 0.6 is 12.2 Å². The third kappa shape index (κ3) is 2.71. The number of aromatic nitrogens is 2. The van der Waals surface area contributed by atoms with E-state index in [-0.39, 0.29) is 5.41 Å². The van der Waals surface area contributed by atoms with Gasteiger partial charge < -0.3 is 9.55 Å². The number of hydrogen-bond acceptors (Lipinski definition) is 1. The molecule has 0 amide bonds. The van der Waals surface area contributed by atoms with E-state index in [9.17, 15) is 0 Å². The molecular formula is C11H20N2S. The molecule has 1 rings (SSSR count). The first-order valence-corrected chi connectivity index (χ1v) is 5.50. The average Bonchev–Trinajstić information content (AvgIpc) is 2.29. The van der Waals surface area contributed by atoms with Crippen molar-refractivity contribution in [3.63, 3.8) is 0 Å². The summed E-state index contributed by atoms with van der Waals surface area (Å²) in [5, 5.41) is 0. The second-order valence-corrected chi connectivity index (χ2v) is 5.71. The van der Waals surface area contributed by atoms with Gasteiger partial charge in [-0.1, -0.05) is 34.6 Å². The van der Waals surface area contributed by atoms with Gasteiger partial charge in [-0.25, -0.2) is 0 Å². The molecule has 1 heterocycles. The van der Waals surface area contributed by atoms with Crippen molar-refractivity contribution in [2.24, 2.45) is 5.41 Å². The molecule has 0 aliphatic rings. The Morgan fingerprint density at radius 1 is 1.43 bits per heavy atom. The summed E-state index contributed by atoms with van der Waals surface area (Å²) in [5.74, 6) is 0.519. The van der Waals surface area contributed by atoms with Gasteiger partial charge in [-0.3, -0.25) is 0 Å². The molecule has 0 spiro atoms. The molecule has 0 radical (unpaired) electrons. The van der Waals surface area contributed by atoms with Crippen LogP contribution in [0.5, 0.6) is 0 Å². The number of nitrogens with zero attached hydrogens (tertiary/aromatic N) is 1. The van der Waals surface area contributed by atoms with E-state index < -0.39 is 0 Å². The normalized spacial score (nSPS) is 12.4. The van der Waals surface area contributed by atoms with Gasteiger partial charge in [-0.15, -0.1) is 0 Å². The maximum atomic E-state index is 5.27. The lowest BCUT2D eigenvalue weighted by Gasteiger charge is -2.21. The molecule has 2 nitrogen and oxygen atoms in total. The van der Waals surface area contributed by atoms with Crippen LogP contribution in [-0.4, -0.2) is 9.55 Å². The predicted molar refractivity (Wildman–Crippen MR) is 63.2 cm³/mol. The van der Waals surface area contributed by atoms with E-state index in [1.54, 1.807) is 0 Å². The lowest BCUT2D eigenvalue weighted by Crippen LogP contribution is -2.17. The third-order valence-electron chi connectivity index (χ3n) is 2.12.